The van der Waals surface area contributed by atoms with E-state index in [0.29, 0.717) is 11.0 Å². The van der Waals surface area contributed by atoms with Crippen molar-refractivity contribution in [3.05, 3.63) is 41.3 Å². The first-order chi connectivity index (χ1) is 9.08. The number of hydrogen-bond donors (Lipinski definition) is 1. The fourth-order valence-electron chi connectivity index (χ4n) is 1.58. The van der Waals surface area contributed by atoms with Crippen molar-refractivity contribution in [2.75, 3.05) is 12.4 Å². The van der Waals surface area contributed by atoms with Gasteiger partial charge < -0.3 is 10.1 Å². The van der Waals surface area contributed by atoms with Crippen molar-refractivity contribution >= 4 is 23.1 Å². The Morgan fingerprint density at radius 2 is 1.84 bits per heavy atom. The van der Waals surface area contributed by atoms with Gasteiger partial charge in [-0.3, -0.25) is 0 Å². The molecule has 19 heavy (non-hydrogen) atoms. The molecule has 1 aromatic carbocycles. The predicted molar refractivity (Wildman–Crippen MR) is 77.4 cm³/mol. The molecule has 0 saturated carbocycles. The van der Waals surface area contributed by atoms with Crippen molar-refractivity contribution in [3.63, 3.8) is 0 Å². The van der Waals surface area contributed by atoms with E-state index in [0.717, 1.165) is 17.3 Å². The van der Waals surface area contributed by atoms with Crippen LogP contribution in [0, 0.1) is 0 Å². The van der Waals surface area contributed by atoms with Crippen molar-refractivity contribution < 1.29 is 4.74 Å². The van der Waals surface area contributed by atoms with Crippen LogP contribution in [0.3, 0.4) is 0 Å². The van der Waals surface area contributed by atoms with E-state index in [1.54, 1.807) is 13.2 Å². The fourth-order valence-corrected chi connectivity index (χ4v) is 1.77. The van der Waals surface area contributed by atoms with E-state index >= 15 is 0 Å². The van der Waals surface area contributed by atoms with Gasteiger partial charge >= 0.3 is 0 Å². The van der Waals surface area contributed by atoms with Crippen LogP contribution in [0.1, 0.15) is 25.6 Å². The first-order valence-electron chi connectivity index (χ1n) is 6.04. The smallest absolute Gasteiger partial charge is 0.135 e. The highest BCUT2D eigenvalue weighted by Gasteiger charge is 2.07. The van der Waals surface area contributed by atoms with Crippen LogP contribution in [0.25, 0.3) is 0 Å². The van der Waals surface area contributed by atoms with E-state index < -0.39 is 0 Å². The van der Waals surface area contributed by atoms with Gasteiger partial charge in [0.25, 0.3) is 0 Å². The summed E-state index contributed by atoms with van der Waals surface area (Å²) in [4.78, 5) is 8.63. The summed E-state index contributed by atoms with van der Waals surface area (Å²) in [5, 5.41) is 3.64. The number of benzene rings is 1. The zero-order valence-corrected chi connectivity index (χ0v) is 11.9. The van der Waals surface area contributed by atoms with Crippen LogP contribution in [0.4, 0.5) is 11.5 Å². The summed E-state index contributed by atoms with van der Waals surface area (Å²) in [7, 11) is 1.64. The molecule has 5 heteroatoms. The first kappa shape index (κ1) is 13.6. The van der Waals surface area contributed by atoms with Crippen LogP contribution < -0.4 is 10.1 Å². The molecule has 0 unspecified atom stereocenters. The molecule has 0 aliphatic rings. The van der Waals surface area contributed by atoms with Crippen LogP contribution in [-0.4, -0.2) is 17.1 Å². The normalized spacial score (nSPS) is 10.6. The van der Waals surface area contributed by atoms with Crippen molar-refractivity contribution in [2.24, 2.45) is 0 Å². The van der Waals surface area contributed by atoms with Crippen molar-refractivity contribution in [1.82, 2.24) is 9.97 Å². The minimum Gasteiger partial charge on any atom is -0.497 e. The summed E-state index contributed by atoms with van der Waals surface area (Å²) in [6, 6.07) is 9.31. The zero-order chi connectivity index (χ0) is 13.8. The van der Waals surface area contributed by atoms with Crippen LogP contribution >= 0.6 is 11.6 Å². The maximum atomic E-state index is 6.00. The van der Waals surface area contributed by atoms with E-state index in [9.17, 15) is 0 Å². The Bertz CT molecular complexity index is 555. The molecule has 0 saturated heterocycles. The molecular weight excluding hydrogens is 262 g/mol. The molecule has 0 bridgehead atoms. The van der Waals surface area contributed by atoms with Gasteiger partial charge in [-0.2, -0.15) is 0 Å². The molecule has 1 heterocycles. The highest BCUT2D eigenvalue weighted by molar-refractivity contribution is 6.29. The van der Waals surface area contributed by atoms with Crippen molar-refractivity contribution in [1.29, 1.82) is 0 Å². The summed E-state index contributed by atoms with van der Waals surface area (Å²) >= 11 is 6.00. The summed E-state index contributed by atoms with van der Waals surface area (Å²) in [6.07, 6.45) is 0. The molecule has 0 atom stereocenters. The topological polar surface area (TPSA) is 47.0 Å². The number of nitrogens with one attached hydrogen (secondary N) is 1. The average Bonchev–Trinajstić information content (AvgIpc) is 2.39. The van der Waals surface area contributed by atoms with Gasteiger partial charge in [0.15, 0.2) is 0 Å². The van der Waals surface area contributed by atoms with Gasteiger partial charge in [-0.15, -0.1) is 0 Å². The first-order valence-corrected chi connectivity index (χ1v) is 6.42. The molecule has 0 radical (unpaired) electrons. The third-order valence-electron chi connectivity index (χ3n) is 2.59. The van der Waals surface area contributed by atoms with Gasteiger partial charge in [0.2, 0.25) is 0 Å². The second-order valence-corrected chi connectivity index (χ2v) is 4.83. The minimum atomic E-state index is 0.232. The van der Waals surface area contributed by atoms with Crippen molar-refractivity contribution in [3.8, 4) is 5.75 Å². The number of aromatic nitrogens is 2. The Balaban J connectivity index is 2.22. The lowest BCUT2D eigenvalue weighted by Crippen LogP contribution is -2.02. The van der Waals surface area contributed by atoms with Gasteiger partial charge in [0.1, 0.15) is 22.5 Å². The molecule has 0 spiro atoms. The molecule has 100 valence electrons. The van der Waals surface area contributed by atoms with Crippen LogP contribution in [0.2, 0.25) is 5.15 Å². The third kappa shape index (κ3) is 3.58. The third-order valence-corrected chi connectivity index (χ3v) is 2.78. The molecule has 1 aromatic heterocycles. The number of halogens is 1. The van der Waals surface area contributed by atoms with Crippen LogP contribution in [0.5, 0.6) is 5.75 Å². The summed E-state index contributed by atoms with van der Waals surface area (Å²) in [5.41, 5.74) is 0.922. The Kier molecular flexibility index (Phi) is 4.22. The fraction of sp³-hybridized carbons (Fsp3) is 0.286. The minimum absolute atomic E-state index is 0.232. The van der Waals surface area contributed by atoms with Gasteiger partial charge in [-0.25, -0.2) is 9.97 Å². The lowest BCUT2D eigenvalue weighted by atomic mass is 10.2. The molecular formula is C14H16ClN3O. The van der Waals surface area contributed by atoms with Crippen LogP contribution in [0.15, 0.2) is 30.3 Å². The number of hydrogen-bond acceptors (Lipinski definition) is 4. The highest BCUT2D eigenvalue weighted by Crippen LogP contribution is 2.22. The molecule has 2 aromatic rings. The Morgan fingerprint density at radius 3 is 2.42 bits per heavy atom. The zero-order valence-electron chi connectivity index (χ0n) is 11.1. The Hall–Kier alpha value is -1.81. The van der Waals surface area contributed by atoms with Gasteiger partial charge in [-0.05, 0) is 24.3 Å². The molecule has 4 nitrogen and oxygen atoms in total. The number of methoxy groups -OCH3 is 1. The summed E-state index contributed by atoms with van der Waals surface area (Å²) in [6.45, 7) is 4.06. The second-order valence-electron chi connectivity index (χ2n) is 4.44. The Labute approximate surface area is 117 Å². The second kappa shape index (κ2) is 5.89. The molecule has 0 fully saturated rings. The van der Waals surface area contributed by atoms with Gasteiger partial charge in [-0.1, -0.05) is 25.4 Å². The highest BCUT2D eigenvalue weighted by atomic mass is 35.5. The number of rotatable bonds is 4. The number of ether oxygens (including phenoxy) is 1. The standard InChI is InChI=1S/C14H16ClN3O/c1-9(2)14-17-12(15)8-13(18-14)16-10-4-6-11(19-3)7-5-10/h4-9H,1-3H3,(H,16,17,18). The van der Waals surface area contributed by atoms with E-state index in [2.05, 4.69) is 15.3 Å². The lowest BCUT2D eigenvalue weighted by molar-refractivity contribution is 0.415. The molecule has 0 amide bonds. The number of nitrogens with zero attached hydrogens (tertiary/aromatic N) is 2. The van der Waals surface area contributed by atoms with E-state index in [-0.39, 0.29) is 5.92 Å². The molecule has 1 N–H and O–H groups in total. The Morgan fingerprint density at radius 1 is 1.16 bits per heavy atom. The summed E-state index contributed by atoms with van der Waals surface area (Å²) < 4.78 is 5.11. The van der Waals surface area contributed by atoms with E-state index in [1.165, 1.54) is 0 Å². The van der Waals surface area contributed by atoms with Crippen LogP contribution in [-0.2, 0) is 0 Å². The summed E-state index contributed by atoms with van der Waals surface area (Å²) in [5.74, 6) is 2.46. The van der Waals surface area contributed by atoms with Crippen molar-refractivity contribution in [2.45, 2.75) is 19.8 Å². The lowest BCUT2D eigenvalue weighted by Gasteiger charge is -2.10. The quantitative estimate of drug-likeness (QED) is 0.858. The maximum absolute atomic E-state index is 6.00. The largest absolute Gasteiger partial charge is 0.497 e. The monoisotopic (exact) mass is 277 g/mol. The van der Waals surface area contributed by atoms with E-state index in [1.807, 2.05) is 38.1 Å². The predicted octanol–water partition coefficient (Wildman–Crippen LogP) is 4.01. The molecule has 0 aliphatic carbocycles. The maximum Gasteiger partial charge on any atom is 0.135 e. The van der Waals surface area contributed by atoms with Gasteiger partial charge in [0, 0.05) is 17.7 Å². The average molecular weight is 278 g/mol. The van der Waals surface area contributed by atoms with E-state index in [4.69, 9.17) is 16.3 Å². The number of anilines is 2. The SMILES string of the molecule is COc1ccc(Nc2cc(Cl)nc(C(C)C)n2)cc1. The molecule has 2 rings (SSSR count). The van der Waals surface area contributed by atoms with Gasteiger partial charge in [0.05, 0.1) is 7.11 Å². The molecule has 0 aliphatic heterocycles.